The van der Waals surface area contributed by atoms with Gasteiger partial charge in [0.05, 0.1) is 0 Å². The van der Waals surface area contributed by atoms with E-state index in [0.717, 1.165) is 28.7 Å². The second-order valence-corrected chi connectivity index (χ2v) is 5.10. The highest BCUT2D eigenvalue weighted by Gasteiger charge is 2.15. The van der Waals surface area contributed by atoms with Crippen molar-refractivity contribution in [2.24, 2.45) is 0 Å². The van der Waals surface area contributed by atoms with Crippen molar-refractivity contribution in [3.8, 4) is 5.75 Å². The van der Waals surface area contributed by atoms with Crippen molar-refractivity contribution in [1.29, 1.82) is 0 Å². The van der Waals surface area contributed by atoms with Gasteiger partial charge in [0.1, 0.15) is 5.75 Å². The molecule has 0 radical (unpaired) electrons. The van der Waals surface area contributed by atoms with Gasteiger partial charge in [-0.1, -0.05) is 11.6 Å². The standard InChI is InChI=1S/C13H16ClN3OS/c1-4-17-12(15-16-13(17)19)9(3)18-10-5-6-11(14)8(2)7-10/h5-7,9H,4H2,1-3H3,(H,16,19)/t9-/m0/s1. The van der Waals surface area contributed by atoms with E-state index in [1.807, 2.05) is 43.5 Å². The van der Waals surface area contributed by atoms with E-state index in [4.69, 9.17) is 28.6 Å². The largest absolute Gasteiger partial charge is 0.483 e. The molecular formula is C13H16ClN3OS. The van der Waals surface area contributed by atoms with Gasteiger partial charge in [0, 0.05) is 11.6 Å². The summed E-state index contributed by atoms with van der Waals surface area (Å²) in [7, 11) is 0. The Labute approximate surface area is 122 Å². The molecule has 0 saturated heterocycles. The molecule has 0 unspecified atom stereocenters. The summed E-state index contributed by atoms with van der Waals surface area (Å²) < 4.78 is 8.41. The molecule has 1 aromatic heterocycles. The van der Waals surface area contributed by atoms with Gasteiger partial charge in [-0.15, -0.1) is 0 Å². The van der Waals surface area contributed by atoms with Crippen molar-refractivity contribution in [3.05, 3.63) is 39.4 Å². The molecule has 0 amide bonds. The van der Waals surface area contributed by atoms with Gasteiger partial charge in [-0.05, 0) is 56.8 Å². The van der Waals surface area contributed by atoms with Crippen LogP contribution in [0.25, 0.3) is 0 Å². The van der Waals surface area contributed by atoms with Crippen LogP contribution in [0.5, 0.6) is 5.75 Å². The number of H-pyrrole nitrogens is 1. The number of aromatic amines is 1. The van der Waals surface area contributed by atoms with Crippen molar-refractivity contribution in [1.82, 2.24) is 14.8 Å². The minimum atomic E-state index is -0.187. The second-order valence-electron chi connectivity index (χ2n) is 4.30. The fraction of sp³-hybridized carbons (Fsp3) is 0.385. The van der Waals surface area contributed by atoms with Crippen LogP contribution in [0.2, 0.25) is 5.02 Å². The lowest BCUT2D eigenvalue weighted by atomic mass is 10.2. The van der Waals surface area contributed by atoms with Gasteiger partial charge in [-0.25, -0.2) is 0 Å². The summed E-state index contributed by atoms with van der Waals surface area (Å²) in [5.74, 6) is 1.56. The average molecular weight is 298 g/mol. The molecule has 19 heavy (non-hydrogen) atoms. The van der Waals surface area contributed by atoms with Gasteiger partial charge in [-0.3, -0.25) is 5.10 Å². The van der Waals surface area contributed by atoms with Crippen LogP contribution in [-0.2, 0) is 6.54 Å². The lowest BCUT2D eigenvalue weighted by Crippen LogP contribution is -2.11. The van der Waals surface area contributed by atoms with E-state index in [1.165, 1.54) is 0 Å². The molecule has 6 heteroatoms. The highest BCUT2D eigenvalue weighted by Crippen LogP contribution is 2.25. The number of aryl methyl sites for hydroxylation is 1. The monoisotopic (exact) mass is 297 g/mol. The van der Waals surface area contributed by atoms with Crippen molar-refractivity contribution >= 4 is 23.8 Å². The van der Waals surface area contributed by atoms with E-state index in [2.05, 4.69) is 10.2 Å². The number of hydrogen-bond acceptors (Lipinski definition) is 3. The molecule has 0 aliphatic rings. The number of benzene rings is 1. The summed E-state index contributed by atoms with van der Waals surface area (Å²) in [6, 6.07) is 5.59. The zero-order valence-corrected chi connectivity index (χ0v) is 12.7. The van der Waals surface area contributed by atoms with Crippen LogP contribution >= 0.6 is 23.8 Å². The summed E-state index contributed by atoms with van der Waals surface area (Å²) in [5.41, 5.74) is 0.987. The van der Waals surface area contributed by atoms with Crippen LogP contribution in [0.1, 0.15) is 31.3 Å². The third-order valence-electron chi connectivity index (χ3n) is 2.91. The normalized spacial score (nSPS) is 12.4. The predicted octanol–water partition coefficient (Wildman–Crippen LogP) is 4.06. The van der Waals surface area contributed by atoms with Gasteiger partial charge in [0.2, 0.25) is 0 Å². The van der Waals surface area contributed by atoms with E-state index < -0.39 is 0 Å². The molecule has 1 heterocycles. The zero-order valence-electron chi connectivity index (χ0n) is 11.1. The maximum atomic E-state index is 5.99. The first-order valence-electron chi connectivity index (χ1n) is 6.10. The Morgan fingerprint density at radius 2 is 2.26 bits per heavy atom. The third-order valence-corrected chi connectivity index (χ3v) is 3.65. The Balaban J connectivity index is 2.22. The van der Waals surface area contributed by atoms with E-state index in [0.29, 0.717) is 4.77 Å². The number of hydrogen-bond donors (Lipinski definition) is 1. The third kappa shape index (κ3) is 2.98. The highest BCUT2D eigenvalue weighted by molar-refractivity contribution is 7.71. The van der Waals surface area contributed by atoms with Gasteiger partial charge in [-0.2, -0.15) is 5.10 Å². The lowest BCUT2D eigenvalue weighted by molar-refractivity contribution is 0.210. The Bertz CT molecular complexity index is 635. The van der Waals surface area contributed by atoms with Crippen LogP contribution < -0.4 is 4.74 Å². The molecule has 0 aliphatic heterocycles. The average Bonchev–Trinajstić information content (AvgIpc) is 2.75. The highest BCUT2D eigenvalue weighted by atomic mass is 35.5. The van der Waals surface area contributed by atoms with Crippen LogP contribution in [0.3, 0.4) is 0 Å². The summed E-state index contributed by atoms with van der Waals surface area (Å²) in [4.78, 5) is 0. The van der Waals surface area contributed by atoms with Crippen molar-refractivity contribution in [2.45, 2.75) is 33.4 Å². The number of nitrogens with zero attached hydrogens (tertiary/aromatic N) is 2. The van der Waals surface area contributed by atoms with E-state index >= 15 is 0 Å². The van der Waals surface area contributed by atoms with Crippen molar-refractivity contribution in [3.63, 3.8) is 0 Å². The number of halogens is 1. The van der Waals surface area contributed by atoms with Gasteiger partial charge in [0.15, 0.2) is 16.7 Å². The van der Waals surface area contributed by atoms with Gasteiger partial charge < -0.3 is 9.30 Å². The Morgan fingerprint density at radius 1 is 1.53 bits per heavy atom. The first-order valence-corrected chi connectivity index (χ1v) is 6.89. The predicted molar refractivity (Wildman–Crippen MR) is 78.3 cm³/mol. The summed E-state index contributed by atoms with van der Waals surface area (Å²) in [6.07, 6.45) is -0.187. The molecule has 1 atom stereocenters. The second kappa shape index (κ2) is 5.75. The molecule has 102 valence electrons. The summed E-state index contributed by atoms with van der Waals surface area (Å²) >= 11 is 11.2. The van der Waals surface area contributed by atoms with Crippen LogP contribution in [-0.4, -0.2) is 14.8 Å². The Kier molecular flexibility index (Phi) is 4.27. The van der Waals surface area contributed by atoms with E-state index in [9.17, 15) is 0 Å². The van der Waals surface area contributed by atoms with Gasteiger partial charge in [0.25, 0.3) is 0 Å². The number of aromatic nitrogens is 3. The first-order chi connectivity index (χ1) is 9.02. The smallest absolute Gasteiger partial charge is 0.195 e. The molecule has 2 rings (SSSR count). The molecular weight excluding hydrogens is 282 g/mol. The summed E-state index contributed by atoms with van der Waals surface area (Å²) in [5, 5.41) is 7.74. The molecule has 4 nitrogen and oxygen atoms in total. The molecule has 2 aromatic rings. The minimum absolute atomic E-state index is 0.187. The maximum Gasteiger partial charge on any atom is 0.195 e. The van der Waals surface area contributed by atoms with E-state index in [1.54, 1.807) is 0 Å². The quantitative estimate of drug-likeness (QED) is 0.865. The molecule has 0 aliphatic carbocycles. The number of nitrogens with one attached hydrogen (secondary N) is 1. The lowest BCUT2D eigenvalue weighted by Gasteiger charge is -2.15. The van der Waals surface area contributed by atoms with Crippen molar-refractivity contribution < 1.29 is 4.74 Å². The minimum Gasteiger partial charge on any atom is -0.483 e. The topological polar surface area (TPSA) is 42.8 Å². The number of ether oxygens (including phenoxy) is 1. The molecule has 1 aromatic carbocycles. The fourth-order valence-electron chi connectivity index (χ4n) is 1.89. The molecule has 0 fully saturated rings. The van der Waals surface area contributed by atoms with E-state index in [-0.39, 0.29) is 6.10 Å². The Morgan fingerprint density at radius 3 is 2.89 bits per heavy atom. The molecule has 1 N–H and O–H groups in total. The van der Waals surface area contributed by atoms with Crippen molar-refractivity contribution in [2.75, 3.05) is 0 Å². The fourth-order valence-corrected chi connectivity index (χ4v) is 2.28. The van der Waals surface area contributed by atoms with Gasteiger partial charge >= 0.3 is 0 Å². The zero-order chi connectivity index (χ0) is 14.0. The first kappa shape index (κ1) is 14.1. The Hall–Kier alpha value is -1.33. The van der Waals surface area contributed by atoms with Crippen LogP contribution in [0, 0.1) is 11.7 Å². The summed E-state index contributed by atoms with van der Waals surface area (Å²) in [6.45, 7) is 6.68. The molecule has 0 bridgehead atoms. The number of rotatable bonds is 4. The van der Waals surface area contributed by atoms with Crippen LogP contribution in [0.15, 0.2) is 18.2 Å². The van der Waals surface area contributed by atoms with Crippen LogP contribution in [0.4, 0.5) is 0 Å². The molecule has 0 spiro atoms. The SMILES string of the molecule is CCn1c([C@H](C)Oc2ccc(Cl)c(C)c2)n[nH]c1=S. The molecule has 0 saturated carbocycles. The maximum absolute atomic E-state index is 5.99.